The van der Waals surface area contributed by atoms with Gasteiger partial charge in [-0.15, -0.1) is 0 Å². The summed E-state index contributed by atoms with van der Waals surface area (Å²) in [5.41, 5.74) is 0.768. The second kappa shape index (κ2) is 6.48. The van der Waals surface area contributed by atoms with Crippen molar-refractivity contribution < 1.29 is 19.1 Å². The third kappa shape index (κ3) is 4.10. The Hall–Kier alpha value is -2.10. The van der Waals surface area contributed by atoms with Gasteiger partial charge in [0.1, 0.15) is 18.4 Å². The molecule has 0 aliphatic carbocycles. The smallest absolute Gasteiger partial charge is 0.345 e. The van der Waals surface area contributed by atoms with Crippen LogP contribution in [0.3, 0.4) is 0 Å². The number of benzene rings is 1. The zero-order valence-electron chi connectivity index (χ0n) is 9.80. The van der Waals surface area contributed by atoms with Gasteiger partial charge in [0.25, 0.3) is 0 Å². The molecule has 0 heterocycles. The summed E-state index contributed by atoms with van der Waals surface area (Å²) < 4.78 is 9.65. The van der Waals surface area contributed by atoms with Crippen LogP contribution in [0.1, 0.15) is 12.5 Å². The molecular weight excluding hydrogens is 220 g/mol. The maximum Gasteiger partial charge on any atom is 0.345 e. The Morgan fingerprint density at radius 1 is 1.24 bits per heavy atom. The molecule has 0 unspecified atom stereocenters. The van der Waals surface area contributed by atoms with E-state index in [2.05, 4.69) is 4.74 Å². The molecule has 0 saturated carbocycles. The maximum atomic E-state index is 11.6. The minimum absolute atomic E-state index is 0.0940. The van der Waals surface area contributed by atoms with Crippen LogP contribution in [0.5, 0.6) is 0 Å². The summed E-state index contributed by atoms with van der Waals surface area (Å²) in [6, 6.07) is 9.23. The Balaban J connectivity index is 2.60. The highest BCUT2D eigenvalue weighted by atomic mass is 16.5. The van der Waals surface area contributed by atoms with Crippen molar-refractivity contribution in [1.29, 1.82) is 0 Å². The van der Waals surface area contributed by atoms with E-state index in [9.17, 15) is 9.59 Å². The first-order chi connectivity index (χ1) is 8.15. The van der Waals surface area contributed by atoms with Crippen LogP contribution in [-0.2, 0) is 25.7 Å². The van der Waals surface area contributed by atoms with Crippen LogP contribution in [-0.4, -0.2) is 18.9 Å². The third-order valence-electron chi connectivity index (χ3n) is 2.05. The number of ether oxygens (including phenoxy) is 2. The molecule has 0 aliphatic heterocycles. The Morgan fingerprint density at radius 3 is 2.41 bits per heavy atom. The lowest BCUT2D eigenvalue weighted by Gasteiger charge is -2.05. The molecule has 17 heavy (non-hydrogen) atoms. The number of carbonyl (C=O) groups excluding carboxylic acids is 2. The molecule has 0 fully saturated rings. The van der Waals surface area contributed by atoms with Crippen LogP contribution in [0, 0.1) is 0 Å². The van der Waals surface area contributed by atoms with E-state index in [1.807, 2.05) is 30.3 Å². The number of hydrogen-bond acceptors (Lipinski definition) is 4. The molecular formula is C13H14O4. The van der Waals surface area contributed by atoms with E-state index in [0.717, 1.165) is 11.8 Å². The molecule has 0 saturated heterocycles. The van der Waals surface area contributed by atoms with Gasteiger partial charge in [0, 0.05) is 0 Å². The van der Waals surface area contributed by atoms with Crippen molar-refractivity contribution in [1.82, 2.24) is 0 Å². The molecule has 1 aromatic carbocycles. The van der Waals surface area contributed by atoms with Gasteiger partial charge in [-0.25, -0.2) is 4.79 Å². The van der Waals surface area contributed by atoms with E-state index in [-0.39, 0.29) is 18.0 Å². The van der Waals surface area contributed by atoms with Gasteiger partial charge < -0.3 is 9.47 Å². The van der Waals surface area contributed by atoms with Crippen molar-refractivity contribution in [2.45, 2.75) is 13.5 Å². The summed E-state index contributed by atoms with van der Waals surface area (Å²) in [5, 5.41) is 0. The van der Waals surface area contributed by atoms with Gasteiger partial charge in [-0.1, -0.05) is 30.3 Å². The fraction of sp³-hybridized carbons (Fsp3) is 0.231. The number of rotatable bonds is 5. The SMILES string of the molecule is CO/C=C(/C(C)=O)C(=O)OCc1ccccc1. The molecule has 0 atom stereocenters. The summed E-state index contributed by atoms with van der Waals surface area (Å²) in [5.74, 6) is -1.06. The predicted octanol–water partition coefficient (Wildman–Crippen LogP) is 1.85. The van der Waals surface area contributed by atoms with Crippen LogP contribution in [0.25, 0.3) is 0 Å². The number of methoxy groups -OCH3 is 1. The summed E-state index contributed by atoms with van der Waals surface area (Å²) >= 11 is 0. The lowest BCUT2D eigenvalue weighted by molar-refractivity contribution is -0.141. The van der Waals surface area contributed by atoms with Gasteiger partial charge in [-0.3, -0.25) is 4.79 Å². The van der Waals surface area contributed by atoms with Crippen molar-refractivity contribution in [3.63, 3.8) is 0 Å². The van der Waals surface area contributed by atoms with Crippen molar-refractivity contribution in [3.8, 4) is 0 Å². The molecule has 4 nitrogen and oxygen atoms in total. The van der Waals surface area contributed by atoms with Crippen molar-refractivity contribution >= 4 is 11.8 Å². The Labute approximate surface area is 99.8 Å². The Bertz CT molecular complexity index is 420. The van der Waals surface area contributed by atoms with Crippen LogP contribution in [0.15, 0.2) is 42.2 Å². The summed E-state index contributed by atoms with van der Waals surface area (Å²) in [7, 11) is 1.37. The number of ketones is 1. The van der Waals surface area contributed by atoms with Crippen LogP contribution >= 0.6 is 0 Å². The molecule has 0 spiro atoms. The third-order valence-corrected chi connectivity index (χ3v) is 2.05. The second-order valence-corrected chi connectivity index (χ2v) is 3.39. The molecule has 1 aromatic rings. The number of Topliss-reactive ketones (excluding diaryl/α,β-unsaturated/α-hetero) is 1. The maximum absolute atomic E-state index is 11.6. The van der Waals surface area contributed by atoms with Crippen molar-refractivity contribution in [2.24, 2.45) is 0 Å². The van der Waals surface area contributed by atoms with Gasteiger partial charge in [0.05, 0.1) is 7.11 Å². The first kappa shape index (κ1) is 13.0. The van der Waals surface area contributed by atoms with Crippen molar-refractivity contribution in [3.05, 3.63) is 47.7 Å². The van der Waals surface area contributed by atoms with Gasteiger partial charge in [-0.05, 0) is 12.5 Å². The van der Waals surface area contributed by atoms with E-state index < -0.39 is 5.97 Å². The van der Waals surface area contributed by atoms with Crippen molar-refractivity contribution in [2.75, 3.05) is 7.11 Å². The fourth-order valence-corrected chi connectivity index (χ4v) is 1.19. The number of carbonyl (C=O) groups is 2. The monoisotopic (exact) mass is 234 g/mol. The Morgan fingerprint density at radius 2 is 1.88 bits per heavy atom. The van der Waals surface area contributed by atoms with Crippen LogP contribution in [0.2, 0.25) is 0 Å². The lowest BCUT2D eigenvalue weighted by Crippen LogP contribution is -2.14. The van der Waals surface area contributed by atoms with Crippen LogP contribution in [0.4, 0.5) is 0 Å². The van der Waals surface area contributed by atoms with E-state index in [4.69, 9.17) is 4.74 Å². The zero-order chi connectivity index (χ0) is 12.7. The van der Waals surface area contributed by atoms with Gasteiger partial charge in [0.15, 0.2) is 5.78 Å². The standard InChI is InChI=1S/C13H14O4/c1-10(14)12(9-16-2)13(15)17-8-11-6-4-3-5-7-11/h3-7,9H,8H2,1-2H3/b12-9-. The minimum Gasteiger partial charge on any atom is -0.503 e. The van der Waals surface area contributed by atoms with Gasteiger partial charge >= 0.3 is 5.97 Å². The Kier molecular flexibility index (Phi) is 4.94. The predicted molar refractivity (Wildman–Crippen MR) is 62.0 cm³/mol. The summed E-state index contributed by atoms with van der Waals surface area (Å²) in [6.07, 6.45) is 1.09. The zero-order valence-corrected chi connectivity index (χ0v) is 9.80. The molecule has 4 heteroatoms. The first-order valence-electron chi connectivity index (χ1n) is 5.10. The second-order valence-electron chi connectivity index (χ2n) is 3.39. The molecule has 1 rings (SSSR count). The molecule has 0 aromatic heterocycles. The van der Waals surface area contributed by atoms with E-state index in [1.165, 1.54) is 14.0 Å². The summed E-state index contributed by atoms with van der Waals surface area (Å²) in [6.45, 7) is 1.42. The highest BCUT2D eigenvalue weighted by Gasteiger charge is 2.16. The van der Waals surface area contributed by atoms with Gasteiger partial charge in [-0.2, -0.15) is 0 Å². The molecule has 0 N–H and O–H groups in total. The number of esters is 1. The minimum atomic E-state index is -0.678. The van der Waals surface area contributed by atoms with Gasteiger partial charge in [0.2, 0.25) is 0 Å². The molecule has 0 aliphatic rings. The summed E-state index contributed by atoms with van der Waals surface area (Å²) in [4.78, 5) is 22.7. The highest BCUT2D eigenvalue weighted by Crippen LogP contribution is 2.05. The van der Waals surface area contributed by atoms with E-state index >= 15 is 0 Å². The topological polar surface area (TPSA) is 52.6 Å². The van der Waals surface area contributed by atoms with E-state index in [1.54, 1.807) is 0 Å². The van der Waals surface area contributed by atoms with E-state index in [0.29, 0.717) is 0 Å². The lowest BCUT2D eigenvalue weighted by atomic mass is 10.2. The first-order valence-corrected chi connectivity index (χ1v) is 5.10. The highest BCUT2D eigenvalue weighted by molar-refractivity contribution is 6.16. The molecule has 0 amide bonds. The molecule has 0 bridgehead atoms. The average molecular weight is 234 g/mol. The number of hydrogen-bond donors (Lipinski definition) is 0. The fourth-order valence-electron chi connectivity index (χ4n) is 1.19. The normalized spacial score (nSPS) is 10.8. The largest absolute Gasteiger partial charge is 0.503 e. The average Bonchev–Trinajstić information content (AvgIpc) is 2.34. The molecule has 0 radical (unpaired) electrons. The van der Waals surface area contributed by atoms with Crippen LogP contribution < -0.4 is 0 Å². The quantitative estimate of drug-likeness (QED) is 0.256. The molecule has 90 valence electrons.